The molecule has 3 rings (SSSR count). The number of halogens is 1. The first-order valence-corrected chi connectivity index (χ1v) is 8.39. The van der Waals surface area contributed by atoms with Crippen LogP contribution >= 0.6 is 11.6 Å². The molecule has 0 N–H and O–H groups in total. The quantitative estimate of drug-likeness (QED) is 0.360. The fourth-order valence-electron chi connectivity index (χ4n) is 2.70. The van der Waals surface area contributed by atoms with Crippen LogP contribution in [0.25, 0.3) is 0 Å². The Labute approximate surface area is 150 Å². The van der Waals surface area contributed by atoms with Gasteiger partial charge in [0, 0.05) is 30.6 Å². The van der Waals surface area contributed by atoms with Gasteiger partial charge in [0.05, 0.1) is 18.1 Å². The van der Waals surface area contributed by atoms with Crippen molar-refractivity contribution in [3.8, 4) is 0 Å². The number of nitro groups is 1. The Morgan fingerprint density at radius 3 is 2.60 bits per heavy atom. The maximum absolute atomic E-state index is 11.3. The Morgan fingerprint density at radius 2 is 1.92 bits per heavy atom. The molecular formula is C18H18ClN3O3. The molecule has 0 bridgehead atoms. The Balaban J connectivity index is 1.98. The minimum Gasteiger partial charge on any atom is -0.378 e. The molecule has 1 fully saturated rings. The van der Waals surface area contributed by atoms with Gasteiger partial charge in [-0.15, -0.1) is 0 Å². The average molecular weight is 360 g/mol. The topological polar surface area (TPSA) is 68.0 Å². The van der Waals surface area contributed by atoms with Gasteiger partial charge in [0.25, 0.3) is 5.69 Å². The van der Waals surface area contributed by atoms with Crippen molar-refractivity contribution < 1.29 is 9.66 Å². The third-order valence-electron chi connectivity index (χ3n) is 3.96. The van der Waals surface area contributed by atoms with E-state index >= 15 is 0 Å². The van der Waals surface area contributed by atoms with Gasteiger partial charge >= 0.3 is 0 Å². The number of benzene rings is 2. The monoisotopic (exact) mass is 359 g/mol. The van der Waals surface area contributed by atoms with Crippen molar-refractivity contribution >= 4 is 28.8 Å². The van der Waals surface area contributed by atoms with Crippen molar-refractivity contribution in [3.05, 3.63) is 69.2 Å². The summed E-state index contributed by atoms with van der Waals surface area (Å²) in [5.41, 5.74) is 1.32. The highest BCUT2D eigenvalue weighted by Crippen LogP contribution is 2.31. The van der Waals surface area contributed by atoms with E-state index in [2.05, 4.69) is 9.89 Å². The molecule has 0 aromatic heterocycles. The molecule has 1 aliphatic rings. The normalized spacial score (nSPS) is 15.2. The van der Waals surface area contributed by atoms with Gasteiger partial charge in [-0.25, -0.2) is 4.99 Å². The standard InChI is InChI=1S/C18H18ClN3O3/c19-15-6-7-16(17(13-15)22(23)24)20-18(21-8-10-25-11-9-21)12-14-4-2-1-3-5-14/h1-7,13H,8-12H2. The van der Waals surface area contributed by atoms with Crippen molar-refractivity contribution in [2.75, 3.05) is 26.3 Å². The lowest BCUT2D eigenvalue weighted by Gasteiger charge is -2.30. The first kappa shape index (κ1) is 17.4. The summed E-state index contributed by atoms with van der Waals surface area (Å²) in [7, 11) is 0. The lowest BCUT2D eigenvalue weighted by Crippen LogP contribution is -2.41. The zero-order valence-electron chi connectivity index (χ0n) is 13.6. The van der Waals surface area contributed by atoms with Crippen LogP contribution in [0.15, 0.2) is 53.5 Å². The highest BCUT2D eigenvalue weighted by Gasteiger charge is 2.19. The Kier molecular flexibility index (Phi) is 5.63. The molecule has 2 aromatic carbocycles. The van der Waals surface area contributed by atoms with Gasteiger partial charge < -0.3 is 9.64 Å². The molecule has 2 aromatic rings. The van der Waals surface area contributed by atoms with Crippen molar-refractivity contribution in [1.82, 2.24) is 4.90 Å². The second kappa shape index (κ2) is 8.09. The van der Waals surface area contributed by atoms with Gasteiger partial charge in [0.2, 0.25) is 0 Å². The lowest BCUT2D eigenvalue weighted by atomic mass is 10.1. The van der Waals surface area contributed by atoms with E-state index in [1.165, 1.54) is 6.07 Å². The molecule has 7 heteroatoms. The Morgan fingerprint density at radius 1 is 1.20 bits per heavy atom. The molecule has 0 saturated carbocycles. The third-order valence-corrected chi connectivity index (χ3v) is 4.20. The van der Waals surface area contributed by atoms with Crippen LogP contribution < -0.4 is 0 Å². The van der Waals surface area contributed by atoms with E-state index in [0.29, 0.717) is 43.4 Å². The number of aliphatic imine (C=N–C) groups is 1. The van der Waals surface area contributed by atoms with Gasteiger partial charge in [-0.3, -0.25) is 10.1 Å². The molecule has 1 heterocycles. The van der Waals surface area contributed by atoms with Crippen LogP contribution in [0.5, 0.6) is 0 Å². The molecule has 0 amide bonds. The Bertz CT molecular complexity index is 774. The highest BCUT2D eigenvalue weighted by atomic mass is 35.5. The number of amidine groups is 1. The molecule has 0 aliphatic carbocycles. The molecule has 25 heavy (non-hydrogen) atoms. The molecule has 6 nitrogen and oxygen atoms in total. The predicted octanol–water partition coefficient (Wildman–Crippen LogP) is 3.85. The fraction of sp³-hybridized carbons (Fsp3) is 0.278. The maximum atomic E-state index is 11.3. The number of nitrogens with zero attached hydrogens (tertiary/aromatic N) is 3. The van der Waals surface area contributed by atoms with Crippen LogP contribution in [0.4, 0.5) is 11.4 Å². The van der Waals surface area contributed by atoms with Gasteiger partial charge in [-0.1, -0.05) is 41.9 Å². The predicted molar refractivity (Wildman–Crippen MR) is 97.7 cm³/mol. The fourth-order valence-corrected chi connectivity index (χ4v) is 2.86. The van der Waals surface area contributed by atoms with Crippen molar-refractivity contribution in [3.63, 3.8) is 0 Å². The third kappa shape index (κ3) is 4.55. The van der Waals surface area contributed by atoms with E-state index in [4.69, 9.17) is 16.3 Å². The summed E-state index contributed by atoms with van der Waals surface area (Å²) in [6.07, 6.45) is 0.598. The molecule has 0 atom stereocenters. The van der Waals surface area contributed by atoms with Crippen LogP contribution in [0.2, 0.25) is 5.02 Å². The SMILES string of the molecule is O=[N+]([O-])c1cc(Cl)ccc1N=C(Cc1ccccc1)N1CCOCC1. The molecule has 1 aliphatic heterocycles. The van der Waals surface area contributed by atoms with E-state index in [1.54, 1.807) is 12.1 Å². The smallest absolute Gasteiger partial charge is 0.296 e. The Hall–Kier alpha value is -2.44. The zero-order valence-corrected chi connectivity index (χ0v) is 14.4. The summed E-state index contributed by atoms with van der Waals surface area (Å²) in [5, 5.41) is 11.7. The first-order chi connectivity index (χ1) is 12.1. The van der Waals surface area contributed by atoms with Crippen LogP contribution in [-0.4, -0.2) is 42.0 Å². The molecule has 130 valence electrons. The van der Waals surface area contributed by atoms with Crippen molar-refractivity contribution in [2.24, 2.45) is 4.99 Å². The van der Waals surface area contributed by atoms with Crippen LogP contribution in [0.1, 0.15) is 5.56 Å². The number of hydrogen-bond donors (Lipinski definition) is 0. The summed E-state index contributed by atoms with van der Waals surface area (Å²) in [5.74, 6) is 0.792. The van der Waals surface area contributed by atoms with Gasteiger partial charge in [-0.2, -0.15) is 0 Å². The summed E-state index contributed by atoms with van der Waals surface area (Å²) < 4.78 is 5.41. The minimum absolute atomic E-state index is 0.0914. The van der Waals surface area contributed by atoms with Gasteiger partial charge in [0.15, 0.2) is 0 Å². The summed E-state index contributed by atoms with van der Waals surface area (Å²) in [6, 6.07) is 14.5. The largest absolute Gasteiger partial charge is 0.378 e. The van der Waals surface area contributed by atoms with Crippen molar-refractivity contribution in [2.45, 2.75) is 6.42 Å². The minimum atomic E-state index is -0.454. The molecule has 0 unspecified atom stereocenters. The highest BCUT2D eigenvalue weighted by molar-refractivity contribution is 6.30. The van der Waals surface area contributed by atoms with Gasteiger partial charge in [-0.05, 0) is 17.7 Å². The zero-order chi connectivity index (χ0) is 17.6. The second-order valence-corrected chi connectivity index (χ2v) is 6.12. The summed E-state index contributed by atoms with van der Waals surface area (Å²) >= 11 is 5.90. The van der Waals surface area contributed by atoms with E-state index < -0.39 is 4.92 Å². The van der Waals surface area contributed by atoms with E-state index in [9.17, 15) is 10.1 Å². The van der Waals surface area contributed by atoms with E-state index in [1.807, 2.05) is 30.3 Å². The number of rotatable bonds is 4. The summed E-state index contributed by atoms with van der Waals surface area (Å²) in [4.78, 5) is 17.6. The van der Waals surface area contributed by atoms with Crippen LogP contribution in [-0.2, 0) is 11.2 Å². The first-order valence-electron chi connectivity index (χ1n) is 8.01. The number of nitro benzene ring substituents is 1. The number of hydrogen-bond acceptors (Lipinski definition) is 4. The van der Waals surface area contributed by atoms with E-state index in [0.717, 1.165) is 11.4 Å². The number of morpholine rings is 1. The lowest BCUT2D eigenvalue weighted by molar-refractivity contribution is -0.384. The van der Waals surface area contributed by atoms with Crippen LogP contribution in [0, 0.1) is 10.1 Å². The average Bonchev–Trinajstić information content (AvgIpc) is 2.64. The molecule has 0 spiro atoms. The molecular weight excluding hydrogens is 342 g/mol. The maximum Gasteiger partial charge on any atom is 0.296 e. The number of ether oxygens (including phenoxy) is 1. The second-order valence-electron chi connectivity index (χ2n) is 5.68. The molecule has 0 radical (unpaired) electrons. The van der Waals surface area contributed by atoms with E-state index in [-0.39, 0.29) is 5.69 Å². The van der Waals surface area contributed by atoms with Crippen LogP contribution in [0.3, 0.4) is 0 Å². The van der Waals surface area contributed by atoms with Gasteiger partial charge in [0.1, 0.15) is 11.5 Å². The summed E-state index contributed by atoms with van der Waals surface area (Å²) in [6.45, 7) is 2.67. The van der Waals surface area contributed by atoms with Crippen molar-refractivity contribution in [1.29, 1.82) is 0 Å². The molecule has 1 saturated heterocycles.